The van der Waals surface area contributed by atoms with Gasteiger partial charge in [0.05, 0.1) is 0 Å². The van der Waals surface area contributed by atoms with Gasteiger partial charge in [-0.3, -0.25) is 0 Å². The van der Waals surface area contributed by atoms with Gasteiger partial charge >= 0.3 is 0 Å². The Hall–Kier alpha value is -0.940. The molecule has 0 amide bonds. The predicted octanol–water partition coefficient (Wildman–Crippen LogP) is 3.53. The molecule has 2 aromatic heterocycles. The van der Waals surface area contributed by atoms with Gasteiger partial charge in [0.1, 0.15) is 5.01 Å². The maximum Gasteiger partial charge on any atom is 0.208 e. The summed E-state index contributed by atoms with van der Waals surface area (Å²) < 4.78 is 0. The van der Waals surface area contributed by atoms with Crippen LogP contribution in [-0.2, 0) is 12.0 Å². The molecule has 0 atom stereocenters. The van der Waals surface area contributed by atoms with Crippen molar-refractivity contribution in [3.8, 4) is 0 Å². The first-order valence-corrected chi connectivity index (χ1v) is 7.29. The fourth-order valence-electron chi connectivity index (χ4n) is 1.40. The van der Waals surface area contributed by atoms with Crippen molar-refractivity contribution in [2.45, 2.75) is 32.7 Å². The van der Waals surface area contributed by atoms with Crippen LogP contribution in [0.3, 0.4) is 0 Å². The Labute approximate surface area is 110 Å². The molecule has 0 unspecified atom stereocenters. The Bertz CT molecular complexity index is 468. The molecule has 0 aromatic carbocycles. The number of anilines is 1. The second-order valence-corrected chi connectivity index (χ2v) is 6.86. The summed E-state index contributed by atoms with van der Waals surface area (Å²) in [5, 5.41) is 14.9. The minimum atomic E-state index is 0.0825. The number of thiophene rings is 1. The summed E-state index contributed by atoms with van der Waals surface area (Å²) in [6.45, 7) is 7.38. The van der Waals surface area contributed by atoms with Gasteiger partial charge in [-0.2, -0.15) is 11.3 Å². The van der Waals surface area contributed by atoms with Crippen molar-refractivity contribution in [3.05, 3.63) is 27.4 Å². The Morgan fingerprint density at radius 3 is 2.59 bits per heavy atom. The summed E-state index contributed by atoms with van der Waals surface area (Å²) in [6, 6.07) is 2.15. The summed E-state index contributed by atoms with van der Waals surface area (Å²) in [5.74, 6) is 0. The first-order valence-electron chi connectivity index (χ1n) is 5.53. The normalized spacial score (nSPS) is 11.8. The summed E-state index contributed by atoms with van der Waals surface area (Å²) in [6.07, 6.45) is 0. The zero-order chi connectivity index (χ0) is 12.5. The first-order chi connectivity index (χ1) is 7.97. The number of hydrogen-bond acceptors (Lipinski definition) is 5. The van der Waals surface area contributed by atoms with Crippen LogP contribution < -0.4 is 4.90 Å². The van der Waals surface area contributed by atoms with E-state index in [1.807, 2.05) is 0 Å². The fraction of sp³-hybridized carbons (Fsp3) is 0.500. The third kappa shape index (κ3) is 3.04. The maximum absolute atomic E-state index is 4.27. The second kappa shape index (κ2) is 4.74. The Morgan fingerprint density at radius 2 is 2.06 bits per heavy atom. The van der Waals surface area contributed by atoms with E-state index in [1.165, 1.54) is 5.56 Å². The summed E-state index contributed by atoms with van der Waals surface area (Å²) in [7, 11) is 2.06. The minimum Gasteiger partial charge on any atom is -0.345 e. The number of rotatable bonds is 3. The largest absolute Gasteiger partial charge is 0.345 e. The van der Waals surface area contributed by atoms with Crippen LogP contribution in [-0.4, -0.2) is 17.2 Å². The second-order valence-electron chi connectivity index (χ2n) is 5.13. The summed E-state index contributed by atoms with van der Waals surface area (Å²) in [4.78, 5) is 2.15. The zero-order valence-corrected chi connectivity index (χ0v) is 12.2. The monoisotopic (exact) mass is 267 g/mol. The number of hydrogen-bond donors (Lipinski definition) is 0. The smallest absolute Gasteiger partial charge is 0.208 e. The number of nitrogens with zero attached hydrogens (tertiary/aromatic N) is 3. The molecule has 0 aliphatic heterocycles. The molecule has 2 aromatic rings. The molecule has 0 aliphatic carbocycles. The van der Waals surface area contributed by atoms with E-state index in [9.17, 15) is 0 Å². The Kier molecular flexibility index (Phi) is 3.49. The third-order valence-electron chi connectivity index (χ3n) is 2.38. The molecule has 0 saturated heterocycles. The lowest BCUT2D eigenvalue weighted by atomic mass is 9.98. The van der Waals surface area contributed by atoms with Gasteiger partial charge < -0.3 is 4.90 Å². The summed E-state index contributed by atoms with van der Waals surface area (Å²) >= 11 is 3.40. The van der Waals surface area contributed by atoms with Gasteiger partial charge in [0.25, 0.3) is 0 Å². The van der Waals surface area contributed by atoms with Gasteiger partial charge in [0.15, 0.2) is 0 Å². The molecule has 0 radical (unpaired) electrons. The molecular formula is C12H17N3S2. The quantitative estimate of drug-likeness (QED) is 0.852. The average molecular weight is 267 g/mol. The molecule has 0 aliphatic rings. The molecule has 2 heterocycles. The highest BCUT2D eigenvalue weighted by Gasteiger charge is 2.20. The van der Waals surface area contributed by atoms with Gasteiger partial charge in [-0.05, 0) is 22.4 Å². The third-order valence-corrected chi connectivity index (χ3v) is 4.58. The van der Waals surface area contributed by atoms with E-state index in [1.54, 1.807) is 22.7 Å². The fourth-order valence-corrected chi connectivity index (χ4v) is 2.92. The van der Waals surface area contributed by atoms with Crippen molar-refractivity contribution in [1.82, 2.24) is 10.2 Å². The predicted molar refractivity (Wildman–Crippen MR) is 75.0 cm³/mol. The Balaban J connectivity index is 2.10. The first kappa shape index (κ1) is 12.5. The van der Waals surface area contributed by atoms with Crippen LogP contribution in [0.15, 0.2) is 16.8 Å². The molecule has 0 bridgehead atoms. The standard InChI is InChI=1S/C12H17N3S2/c1-12(2,3)10-13-14-11(17-10)15(4)7-9-5-6-16-8-9/h5-6,8H,7H2,1-4H3. The van der Waals surface area contributed by atoms with E-state index < -0.39 is 0 Å². The minimum absolute atomic E-state index is 0.0825. The van der Waals surface area contributed by atoms with Crippen molar-refractivity contribution in [2.24, 2.45) is 0 Å². The van der Waals surface area contributed by atoms with Gasteiger partial charge in [-0.25, -0.2) is 0 Å². The van der Waals surface area contributed by atoms with E-state index >= 15 is 0 Å². The van der Waals surface area contributed by atoms with Gasteiger partial charge in [0.2, 0.25) is 5.13 Å². The molecule has 92 valence electrons. The van der Waals surface area contributed by atoms with E-state index in [4.69, 9.17) is 0 Å². The van der Waals surface area contributed by atoms with E-state index in [0.29, 0.717) is 0 Å². The van der Waals surface area contributed by atoms with E-state index in [0.717, 1.165) is 16.7 Å². The molecule has 0 fully saturated rings. The van der Waals surface area contributed by atoms with Crippen molar-refractivity contribution < 1.29 is 0 Å². The van der Waals surface area contributed by atoms with Crippen LogP contribution in [0.25, 0.3) is 0 Å². The number of aromatic nitrogens is 2. The molecule has 17 heavy (non-hydrogen) atoms. The highest BCUT2D eigenvalue weighted by atomic mass is 32.1. The lowest BCUT2D eigenvalue weighted by Gasteiger charge is -2.15. The van der Waals surface area contributed by atoms with Gasteiger partial charge in [0, 0.05) is 19.0 Å². The maximum atomic E-state index is 4.27. The molecule has 3 nitrogen and oxygen atoms in total. The molecular weight excluding hydrogens is 250 g/mol. The van der Waals surface area contributed by atoms with Crippen LogP contribution >= 0.6 is 22.7 Å². The zero-order valence-electron chi connectivity index (χ0n) is 10.6. The average Bonchev–Trinajstić information content (AvgIpc) is 2.85. The molecule has 0 N–H and O–H groups in total. The van der Waals surface area contributed by atoms with Crippen molar-refractivity contribution in [2.75, 3.05) is 11.9 Å². The van der Waals surface area contributed by atoms with Crippen LogP contribution in [0, 0.1) is 0 Å². The van der Waals surface area contributed by atoms with Gasteiger partial charge in [-0.1, -0.05) is 32.1 Å². The van der Waals surface area contributed by atoms with Crippen molar-refractivity contribution >= 4 is 27.8 Å². The van der Waals surface area contributed by atoms with E-state index in [2.05, 4.69) is 59.7 Å². The van der Waals surface area contributed by atoms with Crippen molar-refractivity contribution in [1.29, 1.82) is 0 Å². The van der Waals surface area contributed by atoms with Crippen LogP contribution in [0.2, 0.25) is 0 Å². The van der Waals surface area contributed by atoms with E-state index in [-0.39, 0.29) is 5.41 Å². The van der Waals surface area contributed by atoms with Gasteiger partial charge in [-0.15, -0.1) is 10.2 Å². The van der Waals surface area contributed by atoms with Crippen LogP contribution in [0.1, 0.15) is 31.3 Å². The SMILES string of the molecule is CN(Cc1ccsc1)c1nnc(C(C)(C)C)s1. The highest BCUT2D eigenvalue weighted by molar-refractivity contribution is 7.15. The molecule has 0 saturated carbocycles. The highest BCUT2D eigenvalue weighted by Crippen LogP contribution is 2.29. The molecule has 0 spiro atoms. The van der Waals surface area contributed by atoms with Crippen LogP contribution in [0.5, 0.6) is 0 Å². The molecule has 5 heteroatoms. The van der Waals surface area contributed by atoms with Crippen molar-refractivity contribution in [3.63, 3.8) is 0 Å². The topological polar surface area (TPSA) is 29.0 Å². The Morgan fingerprint density at radius 1 is 1.29 bits per heavy atom. The van der Waals surface area contributed by atoms with Crippen LogP contribution in [0.4, 0.5) is 5.13 Å². The molecule has 2 rings (SSSR count). The lowest BCUT2D eigenvalue weighted by molar-refractivity contribution is 0.578. The summed E-state index contributed by atoms with van der Waals surface area (Å²) in [5.41, 5.74) is 1.41. The lowest BCUT2D eigenvalue weighted by Crippen LogP contribution is -2.15.